The Morgan fingerprint density at radius 2 is 2.00 bits per heavy atom. The molecule has 1 N–H and O–H groups in total. The maximum absolute atomic E-state index is 12.6. The van der Waals surface area contributed by atoms with E-state index in [0.29, 0.717) is 13.0 Å². The van der Waals surface area contributed by atoms with Gasteiger partial charge in [-0.1, -0.05) is 30.3 Å². The van der Waals surface area contributed by atoms with Crippen LogP contribution in [-0.2, 0) is 20.7 Å². The highest BCUT2D eigenvalue weighted by atomic mass is 16.6. The van der Waals surface area contributed by atoms with Crippen molar-refractivity contribution >= 4 is 11.9 Å². The van der Waals surface area contributed by atoms with Gasteiger partial charge in [0.2, 0.25) is 0 Å². The van der Waals surface area contributed by atoms with Crippen LogP contribution in [0.4, 0.5) is 0 Å². The van der Waals surface area contributed by atoms with Crippen LogP contribution in [0.5, 0.6) is 0 Å². The zero-order chi connectivity index (χ0) is 18.2. The standard InChI is InChI=1S/C20H23NO5/c22-19(18-10-6-12-25-18)21-17(13-15-7-2-1-3-8-15)20(23)26-14-16-9-4-5-11-24-16/h1-3,6-8,10,12,16-17H,4-5,9,11,13-14H2,(H,21,22). The first-order chi connectivity index (χ1) is 12.7. The number of nitrogens with one attached hydrogen (secondary N) is 1. The van der Waals surface area contributed by atoms with Crippen molar-refractivity contribution < 1.29 is 23.5 Å². The maximum atomic E-state index is 12.6. The predicted octanol–water partition coefficient (Wildman–Crippen LogP) is 2.73. The van der Waals surface area contributed by atoms with Gasteiger partial charge < -0.3 is 19.2 Å². The van der Waals surface area contributed by atoms with E-state index >= 15 is 0 Å². The van der Waals surface area contributed by atoms with Crippen LogP contribution in [0.25, 0.3) is 0 Å². The van der Waals surface area contributed by atoms with E-state index in [0.717, 1.165) is 24.8 Å². The molecule has 26 heavy (non-hydrogen) atoms. The Morgan fingerprint density at radius 1 is 1.15 bits per heavy atom. The first-order valence-electron chi connectivity index (χ1n) is 8.89. The molecule has 0 aliphatic carbocycles. The number of hydrogen-bond donors (Lipinski definition) is 1. The topological polar surface area (TPSA) is 77.8 Å². The van der Waals surface area contributed by atoms with Crippen LogP contribution in [0.2, 0.25) is 0 Å². The average Bonchev–Trinajstić information content (AvgIpc) is 3.22. The molecule has 1 aromatic carbocycles. The minimum absolute atomic E-state index is 0.0640. The number of furan rings is 1. The quantitative estimate of drug-likeness (QED) is 0.771. The van der Waals surface area contributed by atoms with E-state index in [1.165, 1.54) is 6.26 Å². The molecule has 3 rings (SSSR count). The highest BCUT2D eigenvalue weighted by molar-refractivity contribution is 5.94. The number of carbonyl (C=O) groups is 2. The van der Waals surface area contributed by atoms with Crippen LogP contribution >= 0.6 is 0 Å². The van der Waals surface area contributed by atoms with Gasteiger partial charge in [-0.05, 0) is 37.0 Å². The molecule has 0 spiro atoms. The summed E-state index contributed by atoms with van der Waals surface area (Å²) in [7, 11) is 0. The van der Waals surface area contributed by atoms with Crippen molar-refractivity contribution in [1.82, 2.24) is 5.32 Å². The zero-order valence-electron chi connectivity index (χ0n) is 14.6. The van der Waals surface area contributed by atoms with Crippen LogP contribution in [0.15, 0.2) is 53.1 Å². The molecular formula is C20H23NO5. The summed E-state index contributed by atoms with van der Waals surface area (Å²) in [6, 6.07) is 11.9. The van der Waals surface area contributed by atoms with Crippen LogP contribution in [0.1, 0.15) is 35.4 Å². The number of hydrogen-bond acceptors (Lipinski definition) is 5. The summed E-state index contributed by atoms with van der Waals surface area (Å²) in [5, 5.41) is 2.71. The molecule has 2 aromatic rings. The Hall–Kier alpha value is -2.60. The summed E-state index contributed by atoms with van der Waals surface area (Å²) in [5.74, 6) is -0.754. The van der Waals surface area contributed by atoms with Crippen LogP contribution in [-0.4, -0.2) is 37.2 Å². The van der Waals surface area contributed by atoms with Gasteiger partial charge in [-0.15, -0.1) is 0 Å². The van der Waals surface area contributed by atoms with Gasteiger partial charge in [-0.3, -0.25) is 4.79 Å². The molecule has 1 aromatic heterocycles. The van der Waals surface area contributed by atoms with Gasteiger partial charge in [0.15, 0.2) is 5.76 Å². The highest BCUT2D eigenvalue weighted by Crippen LogP contribution is 2.14. The van der Waals surface area contributed by atoms with E-state index in [-0.39, 0.29) is 18.5 Å². The lowest BCUT2D eigenvalue weighted by Crippen LogP contribution is -2.44. The van der Waals surface area contributed by atoms with E-state index < -0.39 is 17.9 Å². The van der Waals surface area contributed by atoms with Crippen molar-refractivity contribution in [3.8, 4) is 0 Å². The Morgan fingerprint density at radius 3 is 2.69 bits per heavy atom. The third-order valence-corrected chi connectivity index (χ3v) is 4.30. The lowest BCUT2D eigenvalue weighted by atomic mass is 10.1. The molecule has 1 amide bonds. The maximum Gasteiger partial charge on any atom is 0.329 e. The van der Waals surface area contributed by atoms with Crippen molar-refractivity contribution in [3.63, 3.8) is 0 Å². The fraction of sp³-hybridized carbons (Fsp3) is 0.400. The molecule has 138 valence electrons. The van der Waals surface area contributed by atoms with Crippen LogP contribution in [0, 0.1) is 0 Å². The predicted molar refractivity (Wildman–Crippen MR) is 94.7 cm³/mol. The van der Waals surface area contributed by atoms with Crippen molar-refractivity contribution in [2.24, 2.45) is 0 Å². The molecule has 2 unspecified atom stereocenters. The van der Waals surface area contributed by atoms with Gasteiger partial charge in [0.25, 0.3) is 5.91 Å². The average molecular weight is 357 g/mol. The van der Waals surface area contributed by atoms with Gasteiger partial charge in [0, 0.05) is 13.0 Å². The number of benzene rings is 1. The molecule has 1 fully saturated rings. The molecule has 2 atom stereocenters. The van der Waals surface area contributed by atoms with Crippen molar-refractivity contribution in [1.29, 1.82) is 0 Å². The van der Waals surface area contributed by atoms with Gasteiger partial charge in [-0.2, -0.15) is 0 Å². The van der Waals surface area contributed by atoms with Crippen LogP contribution < -0.4 is 5.32 Å². The fourth-order valence-corrected chi connectivity index (χ4v) is 2.89. The van der Waals surface area contributed by atoms with Gasteiger partial charge in [0.05, 0.1) is 12.4 Å². The number of amides is 1. The van der Waals surface area contributed by atoms with E-state index in [4.69, 9.17) is 13.9 Å². The molecule has 0 saturated carbocycles. The number of ether oxygens (including phenoxy) is 2. The minimum atomic E-state index is -0.793. The fourth-order valence-electron chi connectivity index (χ4n) is 2.89. The summed E-state index contributed by atoms with van der Waals surface area (Å²) in [4.78, 5) is 24.9. The molecule has 1 aliphatic heterocycles. The third kappa shape index (κ3) is 5.20. The molecule has 2 heterocycles. The SMILES string of the molecule is O=C(NC(Cc1ccccc1)C(=O)OCC1CCCCO1)c1ccco1. The molecule has 0 radical (unpaired) electrons. The molecule has 6 nitrogen and oxygen atoms in total. The molecule has 1 saturated heterocycles. The molecule has 1 aliphatic rings. The van der Waals surface area contributed by atoms with Crippen LogP contribution in [0.3, 0.4) is 0 Å². The van der Waals surface area contributed by atoms with Crippen molar-refractivity contribution in [2.75, 3.05) is 13.2 Å². The first kappa shape index (κ1) is 18.2. The second-order valence-corrected chi connectivity index (χ2v) is 6.31. The molecule has 6 heteroatoms. The normalized spacial score (nSPS) is 18.1. The second-order valence-electron chi connectivity index (χ2n) is 6.31. The largest absolute Gasteiger partial charge is 0.461 e. The van der Waals surface area contributed by atoms with Gasteiger partial charge in [0.1, 0.15) is 12.6 Å². The summed E-state index contributed by atoms with van der Waals surface area (Å²) in [6.07, 6.45) is 4.70. The first-order valence-corrected chi connectivity index (χ1v) is 8.89. The summed E-state index contributed by atoms with van der Waals surface area (Å²) < 4.78 is 16.1. The number of esters is 1. The van der Waals surface area contributed by atoms with Gasteiger partial charge in [-0.25, -0.2) is 4.79 Å². The Kier molecular flexibility index (Phi) is 6.44. The lowest BCUT2D eigenvalue weighted by molar-refractivity contribution is -0.151. The lowest BCUT2D eigenvalue weighted by Gasteiger charge is -2.23. The minimum Gasteiger partial charge on any atom is -0.461 e. The smallest absolute Gasteiger partial charge is 0.329 e. The Labute approximate surface area is 152 Å². The third-order valence-electron chi connectivity index (χ3n) is 4.30. The highest BCUT2D eigenvalue weighted by Gasteiger charge is 2.26. The summed E-state index contributed by atoms with van der Waals surface area (Å²) >= 11 is 0. The second kappa shape index (κ2) is 9.20. The monoisotopic (exact) mass is 357 g/mol. The van der Waals surface area contributed by atoms with E-state index in [2.05, 4.69) is 5.32 Å². The summed E-state index contributed by atoms with van der Waals surface area (Å²) in [6.45, 7) is 0.908. The van der Waals surface area contributed by atoms with Crippen molar-refractivity contribution in [2.45, 2.75) is 37.8 Å². The van der Waals surface area contributed by atoms with Gasteiger partial charge >= 0.3 is 5.97 Å². The summed E-state index contributed by atoms with van der Waals surface area (Å²) in [5.41, 5.74) is 0.933. The Balaban J connectivity index is 1.62. The van der Waals surface area contributed by atoms with Crippen molar-refractivity contribution in [3.05, 3.63) is 60.1 Å². The molecular weight excluding hydrogens is 334 g/mol. The Bertz CT molecular complexity index is 692. The van der Waals surface area contributed by atoms with E-state index in [1.54, 1.807) is 12.1 Å². The zero-order valence-corrected chi connectivity index (χ0v) is 14.6. The molecule has 0 bridgehead atoms. The number of carbonyl (C=O) groups excluding carboxylic acids is 2. The number of rotatable bonds is 7. The van der Waals surface area contributed by atoms with E-state index in [9.17, 15) is 9.59 Å². The van der Waals surface area contributed by atoms with E-state index in [1.807, 2.05) is 30.3 Å².